The van der Waals surface area contributed by atoms with Crippen LogP contribution in [0.4, 0.5) is 5.69 Å². The molecule has 0 saturated heterocycles. The molecule has 0 amide bonds. The summed E-state index contributed by atoms with van der Waals surface area (Å²) in [7, 11) is 0. The van der Waals surface area contributed by atoms with Crippen molar-refractivity contribution >= 4 is 38.8 Å². The Morgan fingerprint density at radius 1 is 1.50 bits per heavy atom. The van der Waals surface area contributed by atoms with E-state index < -0.39 is 0 Å². The van der Waals surface area contributed by atoms with E-state index in [0.29, 0.717) is 4.99 Å². The van der Waals surface area contributed by atoms with Crippen molar-refractivity contribution in [3.63, 3.8) is 0 Å². The third kappa shape index (κ3) is 3.23. The molecule has 0 aromatic heterocycles. The molecule has 2 unspecified atom stereocenters. The van der Waals surface area contributed by atoms with Gasteiger partial charge in [0.05, 0.1) is 0 Å². The highest BCUT2D eigenvalue weighted by Crippen LogP contribution is 2.31. The standard InChI is InChI=1S/C14H19BrN2S/c1-9-5-6-10(7-9)8-17-12-4-2-3-11(15)13(12)14(16)18/h2-4,9-10,17H,5-8H2,1H3,(H2,16,18). The van der Waals surface area contributed by atoms with Crippen molar-refractivity contribution in [2.24, 2.45) is 17.6 Å². The lowest BCUT2D eigenvalue weighted by Crippen LogP contribution is -2.17. The Hall–Kier alpha value is -0.610. The Morgan fingerprint density at radius 3 is 2.89 bits per heavy atom. The zero-order chi connectivity index (χ0) is 13.1. The first-order valence-corrected chi connectivity index (χ1v) is 7.60. The minimum Gasteiger partial charge on any atom is -0.389 e. The van der Waals surface area contributed by atoms with Gasteiger partial charge in [-0.05, 0) is 52.7 Å². The fourth-order valence-corrected chi connectivity index (χ4v) is 3.62. The Morgan fingerprint density at radius 2 is 2.28 bits per heavy atom. The predicted molar refractivity (Wildman–Crippen MR) is 85.0 cm³/mol. The summed E-state index contributed by atoms with van der Waals surface area (Å²) in [6, 6.07) is 6.01. The lowest BCUT2D eigenvalue weighted by atomic mass is 10.1. The summed E-state index contributed by atoms with van der Waals surface area (Å²) in [5, 5.41) is 3.50. The highest BCUT2D eigenvalue weighted by molar-refractivity contribution is 9.10. The molecule has 2 nitrogen and oxygen atoms in total. The average molecular weight is 327 g/mol. The largest absolute Gasteiger partial charge is 0.389 e. The first kappa shape index (κ1) is 13.8. The molecule has 18 heavy (non-hydrogen) atoms. The van der Waals surface area contributed by atoms with Gasteiger partial charge in [-0.25, -0.2) is 0 Å². The first-order valence-electron chi connectivity index (χ1n) is 6.40. The SMILES string of the molecule is CC1CCC(CNc2cccc(Br)c2C(N)=S)C1. The van der Waals surface area contributed by atoms with Crippen LogP contribution in [-0.4, -0.2) is 11.5 Å². The van der Waals surface area contributed by atoms with Gasteiger partial charge < -0.3 is 11.1 Å². The van der Waals surface area contributed by atoms with E-state index >= 15 is 0 Å². The number of rotatable bonds is 4. The second-order valence-electron chi connectivity index (χ2n) is 5.19. The summed E-state index contributed by atoms with van der Waals surface area (Å²) in [6.45, 7) is 3.34. The summed E-state index contributed by atoms with van der Waals surface area (Å²) >= 11 is 8.62. The number of nitrogens with two attached hydrogens (primary N) is 1. The molecule has 2 atom stereocenters. The van der Waals surface area contributed by atoms with Crippen LogP contribution in [0.1, 0.15) is 31.7 Å². The Bertz CT molecular complexity index is 447. The second kappa shape index (κ2) is 6.02. The highest BCUT2D eigenvalue weighted by atomic mass is 79.9. The average Bonchev–Trinajstić information content (AvgIpc) is 2.72. The van der Waals surface area contributed by atoms with Crippen LogP contribution in [0.3, 0.4) is 0 Å². The minimum atomic E-state index is 0.435. The van der Waals surface area contributed by atoms with Crippen molar-refractivity contribution < 1.29 is 0 Å². The van der Waals surface area contributed by atoms with Crippen LogP contribution >= 0.6 is 28.1 Å². The van der Waals surface area contributed by atoms with Gasteiger partial charge >= 0.3 is 0 Å². The molecule has 3 N–H and O–H groups in total. The first-order chi connectivity index (χ1) is 8.58. The molecule has 1 aromatic carbocycles. The maximum atomic E-state index is 5.78. The van der Waals surface area contributed by atoms with Gasteiger partial charge in [0, 0.05) is 22.3 Å². The summed E-state index contributed by atoms with van der Waals surface area (Å²) in [4.78, 5) is 0.435. The number of benzene rings is 1. The molecule has 0 bridgehead atoms. The Labute approximate surface area is 122 Å². The molecule has 0 heterocycles. The summed E-state index contributed by atoms with van der Waals surface area (Å²) in [6.07, 6.45) is 4.00. The molecule has 1 aromatic rings. The van der Waals surface area contributed by atoms with E-state index in [4.69, 9.17) is 18.0 Å². The van der Waals surface area contributed by atoms with Crippen LogP contribution in [-0.2, 0) is 0 Å². The van der Waals surface area contributed by atoms with E-state index in [0.717, 1.165) is 34.1 Å². The molecule has 2 rings (SSSR count). The van der Waals surface area contributed by atoms with Crippen molar-refractivity contribution in [2.45, 2.75) is 26.2 Å². The van der Waals surface area contributed by atoms with Crippen LogP contribution in [0.2, 0.25) is 0 Å². The van der Waals surface area contributed by atoms with E-state index in [-0.39, 0.29) is 0 Å². The highest BCUT2D eigenvalue weighted by Gasteiger charge is 2.21. The van der Waals surface area contributed by atoms with Gasteiger partial charge in [-0.15, -0.1) is 0 Å². The number of anilines is 1. The van der Waals surface area contributed by atoms with Crippen molar-refractivity contribution in [2.75, 3.05) is 11.9 Å². The van der Waals surface area contributed by atoms with Gasteiger partial charge in [0.2, 0.25) is 0 Å². The van der Waals surface area contributed by atoms with Crippen molar-refractivity contribution in [1.29, 1.82) is 0 Å². The summed E-state index contributed by atoms with van der Waals surface area (Å²) in [5.41, 5.74) is 7.74. The smallest absolute Gasteiger partial charge is 0.107 e. The number of hydrogen-bond donors (Lipinski definition) is 2. The molecule has 1 aliphatic rings. The molecule has 0 aliphatic heterocycles. The van der Waals surface area contributed by atoms with Crippen LogP contribution in [0, 0.1) is 11.8 Å². The maximum Gasteiger partial charge on any atom is 0.107 e. The van der Waals surface area contributed by atoms with E-state index in [1.165, 1.54) is 19.3 Å². The van der Waals surface area contributed by atoms with Crippen LogP contribution in [0.25, 0.3) is 0 Å². The maximum absolute atomic E-state index is 5.78. The van der Waals surface area contributed by atoms with Crippen LogP contribution in [0.5, 0.6) is 0 Å². The van der Waals surface area contributed by atoms with Crippen molar-refractivity contribution in [3.8, 4) is 0 Å². The van der Waals surface area contributed by atoms with E-state index in [1.54, 1.807) is 0 Å². The van der Waals surface area contributed by atoms with Crippen LogP contribution < -0.4 is 11.1 Å². The molecule has 1 saturated carbocycles. The minimum absolute atomic E-state index is 0.435. The Balaban J connectivity index is 2.05. The van der Waals surface area contributed by atoms with Gasteiger partial charge in [0.1, 0.15) is 4.99 Å². The van der Waals surface area contributed by atoms with E-state index in [1.807, 2.05) is 18.2 Å². The lowest BCUT2D eigenvalue weighted by molar-refractivity contribution is 0.537. The molecule has 1 fully saturated rings. The fraction of sp³-hybridized carbons (Fsp3) is 0.500. The van der Waals surface area contributed by atoms with Gasteiger partial charge in [0.15, 0.2) is 0 Å². The van der Waals surface area contributed by atoms with Crippen LogP contribution in [0.15, 0.2) is 22.7 Å². The number of thiocarbonyl (C=S) groups is 1. The zero-order valence-corrected chi connectivity index (χ0v) is 13.0. The lowest BCUT2D eigenvalue weighted by Gasteiger charge is -2.16. The quantitative estimate of drug-likeness (QED) is 0.823. The van der Waals surface area contributed by atoms with Crippen molar-refractivity contribution in [1.82, 2.24) is 0 Å². The molecule has 4 heteroatoms. The molecule has 0 spiro atoms. The molecular weight excluding hydrogens is 308 g/mol. The molecular formula is C14H19BrN2S. The zero-order valence-electron chi connectivity index (χ0n) is 10.6. The van der Waals surface area contributed by atoms with E-state index in [2.05, 4.69) is 28.2 Å². The summed E-state index contributed by atoms with van der Waals surface area (Å²) < 4.78 is 0.958. The molecule has 0 radical (unpaired) electrons. The number of hydrogen-bond acceptors (Lipinski definition) is 2. The fourth-order valence-electron chi connectivity index (χ4n) is 2.69. The normalized spacial score (nSPS) is 23.0. The number of halogens is 1. The summed E-state index contributed by atoms with van der Waals surface area (Å²) in [5.74, 6) is 1.65. The Kier molecular flexibility index (Phi) is 4.62. The van der Waals surface area contributed by atoms with Gasteiger partial charge in [-0.3, -0.25) is 0 Å². The second-order valence-corrected chi connectivity index (χ2v) is 6.49. The molecule has 1 aliphatic carbocycles. The van der Waals surface area contributed by atoms with Gasteiger partial charge in [-0.2, -0.15) is 0 Å². The monoisotopic (exact) mass is 326 g/mol. The van der Waals surface area contributed by atoms with Gasteiger partial charge in [-0.1, -0.05) is 31.6 Å². The number of nitrogens with one attached hydrogen (secondary N) is 1. The molecule has 98 valence electrons. The van der Waals surface area contributed by atoms with Gasteiger partial charge in [0.25, 0.3) is 0 Å². The van der Waals surface area contributed by atoms with E-state index in [9.17, 15) is 0 Å². The third-order valence-electron chi connectivity index (χ3n) is 3.64. The third-order valence-corrected chi connectivity index (χ3v) is 4.51. The predicted octanol–water partition coefficient (Wildman–Crippen LogP) is 3.93. The van der Waals surface area contributed by atoms with Crippen molar-refractivity contribution in [3.05, 3.63) is 28.2 Å². The topological polar surface area (TPSA) is 38.0 Å².